The molecule has 1 aromatic heterocycles. The van der Waals surface area contributed by atoms with Crippen LogP contribution in [0.15, 0.2) is 41.6 Å². The summed E-state index contributed by atoms with van der Waals surface area (Å²) in [5, 5.41) is 13.0. The van der Waals surface area contributed by atoms with Crippen molar-refractivity contribution in [2.45, 2.75) is 36.8 Å². The van der Waals surface area contributed by atoms with E-state index in [1.165, 1.54) is 9.80 Å². The Balaban J connectivity index is 1.57. The van der Waals surface area contributed by atoms with Gasteiger partial charge in [-0.05, 0) is 43.0 Å². The Morgan fingerprint density at radius 1 is 1.28 bits per heavy atom. The lowest BCUT2D eigenvalue weighted by Crippen LogP contribution is -2.40. The molecule has 1 fully saturated rings. The number of piperidine rings is 1. The molecule has 0 radical (unpaired) electrons. The van der Waals surface area contributed by atoms with Crippen LogP contribution in [-0.2, 0) is 0 Å². The van der Waals surface area contributed by atoms with Gasteiger partial charge in [0.25, 0.3) is 0 Å². The lowest BCUT2D eigenvalue weighted by atomic mass is 9.96. The molecule has 1 aliphatic rings. The van der Waals surface area contributed by atoms with Crippen molar-refractivity contribution in [3.8, 4) is 0 Å². The molecule has 0 saturated carbocycles. The van der Waals surface area contributed by atoms with Crippen molar-refractivity contribution >= 4 is 35.2 Å². The van der Waals surface area contributed by atoms with E-state index >= 15 is 0 Å². The number of rotatable bonds is 7. The monoisotopic (exact) mass is 415 g/mol. The molecule has 2 heterocycles. The molecule has 1 amide bonds. The summed E-state index contributed by atoms with van der Waals surface area (Å²) in [5.74, 6) is 2.08. The summed E-state index contributed by atoms with van der Waals surface area (Å²) in [4.78, 5) is 24.7. The highest BCUT2D eigenvalue weighted by molar-refractivity contribution is 7.99. The number of likely N-dealkylation sites (tertiary alicyclic amines) is 1. The van der Waals surface area contributed by atoms with Crippen LogP contribution in [-0.4, -0.2) is 58.0 Å². The molecule has 1 aliphatic heterocycles. The number of carbonyl (C=O) groups is 1. The van der Waals surface area contributed by atoms with E-state index in [9.17, 15) is 4.79 Å². The van der Waals surface area contributed by atoms with Gasteiger partial charge < -0.3 is 20.2 Å². The van der Waals surface area contributed by atoms with Gasteiger partial charge in [-0.1, -0.05) is 13.8 Å². The van der Waals surface area contributed by atoms with E-state index < -0.39 is 6.09 Å². The van der Waals surface area contributed by atoms with E-state index in [4.69, 9.17) is 5.11 Å². The van der Waals surface area contributed by atoms with Gasteiger partial charge in [-0.2, -0.15) is 0 Å². The normalized spacial score (nSPS) is 14.8. The third-order valence-corrected chi connectivity index (χ3v) is 5.98. The number of amides is 1. The zero-order chi connectivity index (χ0) is 20.8. The van der Waals surface area contributed by atoms with Crippen LogP contribution in [0.3, 0.4) is 0 Å². The summed E-state index contributed by atoms with van der Waals surface area (Å²) < 4.78 is 0. The van der Waals surface area contributed by atoms with Crippen LogP contribution in [0, 0.1) is 5.92 Å². The van der Waals surface area contributed by atoms with Gasteiger partial charge in [0.2, 0.25) is 0 Å². The number of benzene rings is 1. The van der Waals surface area contributed by atoms with Crippen LogP contribution in [0.25, 0.3) is 0 Å². The molecule has 0 spiro atoms. The Bertz CT molecular complexity index is 807. The highest BCUT2D eigenvalue weighted by atomic mass is 32.2. The zero-order valence-electron chi connectivity index (χ0n) is 17.2. The summed E-state index contributed by atoms with van der Waals surface area (Å²) in [6.45, 7) is 6.44. The number of carboxylic acid groups (broad SMARTS) is 1. The van der Waals surface area contributed by atoms with Crippen LogP contribution >= 0.6 is 11.8 Å². The second-order valence-electron chi connectivity index (χ2n) is 7.67. The van der Waals surface area contributed by atoms with Crippen LogP contribution in [0.5, 0.6) is 0 Å². The Morgan fingerprint density at radius 2 is 1.97 bits per heavy atom. The number of hydrogen-bond acceptors (Lipinski definition) is 6. The topological polar surface area (TPSA) is 81.6 Å². The van der Waals surface area contributed by atoms with Gasteiger partial charge in [-0.25, -0.2) is 14.8 Å². The van der Waals surface area contributed by atoms with Gasteiger partial charge in [0.15, 0.2) is 0 Å². The first-order chi connectivity index (χ1) is 13.9. The number of anilines is 3. The molecule has 0 unspecified atom stereocenters. The van der Waals surface area contributed by atoms with Gasteiger partial charge in [-0.15, -0.1) is 11.8 Å². The average Bonchev–Trinajstić information content (AvgIpc) is 2.70. The van der Waals surface area contributed by atoms with Crippen LogP contribution < -0.4 is 10.2 Å². The number of thioether (sulfide) groups is 1. The molecule has 3 rings (SSSR count). The summed E-state index contributed by atoms with van der Waals surface area (Å²) in [7, 11) is 2.02. The standard InChI is InChI=1S/C21H29N5O2S/c1-15(2)29-18-6-4-17(5-7-18)24-19-12-20(23-14-22-19)25(3)13-16-8-10-26(11-9-16)21(27)28/h4-7,12,14-16H,8-11,13H2,1-3H3,(H,27,28)(H,22,23,24). The fraction of sp³-hybridized carbons (Fsp3) is 0.476. The zero-order valence-corrected chi connectivity index (χ0v) is 18.0. The number of nitrogens with one attached hydrogen (secondary N) is 1. The van der Waals surface area contributed by atoms with Crippen molar-refractivity contribution in [1.82, 2.24) is 14.9 Å². The second-order valence-corrected chi connectivity index (χ2v) is 9.32. The van der Waals surface area contributed by atoms with Crippen molar-refractivity contribution in [2.24, 2.45) is 5.92 Å². The number of aromatic nitrogens is 2. The molecule has 2 N–H and O–H groups in total. The lowest BCUT2D eigenvalue weighted by Gasteiger charge is -2.32. The Morgan fingerprint density at radius 3 is 2.59 bits per heavy atom. The average molecular weight is 416 g/mol. The highest BCUT2D eigenvalue weighted by Gasteiger charge is 2.23. The SMILES string of the molecule is CC(C)Sc1ccc(Nc2cc(N(C)CC3CCN(C(=O)O)CC3)ncn2)cc1. The fourth-order valence-electron chi connectivity index (χ4n) is 3.45. The molecule has 0 bridgehead atoms. The summed E-state index contributed by atoms with van der Waals surface area (Å²) >= 11 is 1.84. The quantitative estimate of drug-likeness (QED) is 0.642. The van der Waals surface area contributed by atoms with Gasteiger partial charge in [-0.3, -0.25) is 0 Å². The van der Waals surface area contributed by atoms with Gasteiger partial charge in [0, 0.05) is 48.6 Å². The van der Waals surface area contributed by atoms with Crippen molar-refractivity contribution in [1.29, 1.82) is 0 Å². The Kier molecular flexibility index (Phi) is 7.19. The van der Waals surface area contributed by atoms with Crippen LogP contribution in [0.1, 0.15) is 26.7 Å². The Hall–Kier alpha value is -2.48. The van der Waals surface area contributed by atoms with Crippen molar-refractivity contribution < 1.29 is 9.90 Å². The smallest absolute Gasteiger partial charge is 0.407 e. The van der Waals surface area contributed by atoms with E-state index in [0.29, 0.717) is 24.3 Å². The highest BCUT2D eigenvalue weighted by Crippen LogP contribution is 2.26. The maximum absolute atomic E-state index is 11.0. The minimum absolute atomic E-state index is 0.466. The van der Waals surface area contributed by atoms with E-state index in [1.807, 2.05) is 24.9 Å². The van der Waals surface area contributed by atoms with Gasteiger partial charge in [0.1, 0.15) is 18.0 Å². The first-order valence-electron chi connectivity index (χ1n) is 9.95. The molecular formula is C21H29N5O2S. The molecule has 156 valence electrons. The van der Waals surface area contributed by atoms with E-state index in [-0.39, 0.29) is 0 Å². The molecule has 7 nitrogen and oxygen atoms in total. The molecule has 0 atom stereocenters. The van der Waals surface area contributed by atoms with Gasteiger partial charge >= 0.3 is 6.09 Å². The first kappa shape index (κ1) is 21.2. The van der Waals surface area contributed by atoms with E-state index in [2.05, 4.69) is 58.3 Å². The van der Waals surface area contributed by atoms with Gasteiger partial charge in [0.05, 0.1) is 0 Å². The van der Waals surface area contributed by atoms with Crippen molar-refractivity contribution in [2.75, 3.05) is 36.9 Å². The molecular weight excluding hydrogens is 386 g/mol. The van der Waals surface area contributed by atoms with E-state index in [0.717, 1.165) is 36.7 Å². The predicted octanol–water partition coefficient (Wildman–Crippen LogP) is 4.55. The molecule has 0 aliphatic carbocycles. The first-order valence-corrected chi connectivity index (χ1v) is 10.8. The minimum Gasteiger partial charge on any atom is -0.465 e. The van der Waals surface area contributed by atoms with Crippen molar-refractivity contribution in [3.63, 3.8) is 0 Å². The number of nitrogens with zero attached hydrogens (tertiary/aromatic N) is 4. The largest absolute Gasteiger partial charge is 0.465 e. The third-order valence-electron chi connectivity index (χ3n) is 4.96. The second kappa shape index (κ2) is 9.82. The fourth-order valence-corrected chi connectivity index (χ4v) is 4.29. The third kappa shape index (κ3) is 6.25. The summed E-state index contributed by atoms with van der Waals surface area (Å²) in [5.41, 5.74) is 0.992. The lowest BCUT2D eigenvalue weighted by molar-refractivity contribution is 0.125. The summed E-state index contributed by atoms with van der Waals surface area (Å²) in [6.07, 6.45) is 2.52. The van der Waals surface area contributed by atoms with E-state index in [1.54, 1.807) is 6.33 Å². The maximum Gasteiger partial charge on any atom is 0.407 e. The number of hydrogen-bond donors (Lipinski definition) is 2. The van der Waals surface area contributed by atoms with Crippen molar-refractivity contribution in [3.05, 3.63) is 36.7 Å². The van der Waals surface area contributed by atoms with Crippen LogP contribution in [0.4, 0.5) is 22.1 Å². The molecule has 2 aromatic rings. The van der Waals surface area contributed by atoms with Crippen LogP contribution in [0.2, 0.25) is 0 Å². The predicted molar refractivity (Wildman–Crippen MR) is 118 cm³/mol. The maximum atomic E-state index is 11.0. The summed E-state index contributed by atoms with van der Waals surface area (Å²) in [6, 6.07) is 10.3. The molecule has 8 heteroatoms. The minimum atomic E-state index is -0.820. The Labute approximate surface area is 176 Å². The molecule has 29 heavy (non-hydrogen) atoms. The molecule has 1 aromatic carbocycles. The molecule has 1 saturated heterocycles.